The molecular formula is C22H21N3O5. The fourth-order valence-electron chi connectivity index (χ4n) is 2.76. The lowest BCUT2D eigenvalue weighted by Crippen LogP contribution is -2.24. The van der Waals surface area contributed by atoms with E-state index in [4.69, 9.17) is 9.15 Å². The third-order valence-electron chi connectivity index (χ3n) is 4.54. The second kappa shape index (κ2) is 9.04. The molecule has 8 heteroatoms. The molecule has 2 aromatic carbocycles. The Balaban J connectivity index is 1.56. The van der Waals surface area contributed by atoms with Gasteiger partial charge in [0, 0.05) is 17.7 Å². The van der Waals surface area contributed by atoms with Gasteiger partial charge in [0.25, 0.3) is 11.6 Å². The first-order valence-corrected chi connectivity index (χ1v) is 9.20. The highest BCUT2D eigenvalue weighted by atomic mass is 16.6. The number of hydrazone groups is 1. The van der Waals surface area contributed by atoms with Gasteiger partial charge in [-0.05, 0) is 67.8 Å². The van der Waals surface area contributed by atoms with Crippen molar-refractivity contribution in [1.82, 2.24) is 5.43 Å². The molecule has 1 aromatic heterocycles. The van der Waals surface area contributed by atoms with Gasteiger partial charge < -0.3 is 9.15 Å². The van der Waals surface area contributed by atoms with Crippen LogP contribution in [0.15, 0.2) is 58.0 Å². The number of hydrogen-bond acceptors (Lipinski definition) is 6. The second-order valence-corrected chi connectivity index (χ2v) is 6.79. The van der Waals surface area contributed by atoms with Gasteiger partial charge >= 0.3 is 0 Å². The third-order valence-corrected chi connectivity index (χ3v) is 4.54. The number of ether oxygens (including phenoxy) is 1. The number of nitro groups is 1. The average molecular weight is 407 g/mol. The van der Waals surface area contributed by atoms with Crippen molar-refractivity contribution in [2.24, 2.45) is 5.10 Å². The quantitative estimate of drug-likeness (QED) is 0.357. The van der Waals surface area contributed by atoms with Crippen LogP contribution in [-0.4, -0.2) is 23.7 Å². The van der Waals surface area contributed by atoms with Gasteiger partial charge in [-0.15, -0.1) is 0 Å². The summed E-state index contributed by atoms with van der Waals surface area (Å²) in [4.78, 5) is 22.3. The van der Waals surface area contributed by atoms with Crippen LogP contribution in [-0.2, 0) is 4.79 Å². The van der Waals surface area contributed by atoms with Gasteiger partial charge in [0.1, 0.15) is 17.3 Å². The van der Waals surface area contributed by atoms with Crippen molar-refractivity contribution in [2.75, 3.05) is 6.61 Å². The molecule has 3 aromatic rings. The van der Waals surface area contributed by atoms with E-state index in [2.05, 4.69) is 10.5 Å². The predicted octanol–water partition coefficient (Wildman–Crippen LogP) is 4.31. The van der Waals surface area contributed by atoms with Crippen LogP contribution in [0.2, 0.25) is 0 Å². The molecule has 1 N–H and O–H groups in total. The Morgan fingerprint density at radius 1 is 1.10 bits per heavy atom. The van der Waals surface area contributed by atoms with Crippen LogP contribution >= 0.6 is 0 Å². The van der Waals surface area contributed by atoms with E-state index in [0.29, 0.717) is 17.3 Å². The zero-order valence-corrected chi connectivity index (χ0v) is 16.8. The summed E-state index contributed by atoms with van der Waals surface area (Å²) in [5.41, 5.74) is 6.10. The number of nitro benzene ring substituents is 1. The molecule has 0 spiro atoms. The summed E-state index contributed by atoms with van der Waals surface area (Å²) in [5, 5.41) is 14.7. The van der Waals surface area contributed by atoms with Gasteiger partial charge in [-0.2, -0.15) is 5.10 Å². The molecule has 1 heterocycles. The van der Waals surface area contributed by atoms with Gasteiger partial charge in [0.2, 0.25) is 0 Å². The first-order chi connectivity index (χ1) is 14.3. The maximum Gasteiger partial charge on any atom is 0.277 e. The highest BCUT2D eigenvalue weighted by Gasteiger charge is 2.12. The van der Waals surface area contributed by atoms with Crippen molar-refractivity contribution in [3.63, 3.8) is 0 Å². The molecule has 0 atom stereocenters. The van der Waals surface area contributed by atoms with Gasteiger partial charge in [-0.1, -0.05) is 6.07 Å². The molecule has 0 saturated carbocycles. The zero-order valence-electron chi connectivity index (χ0n) is 16.8. The molecule has 0 aliphatic heterocycles. The Hall–Kier alpha value is -3.94. The maximum atomic E-state index is 11.9. The zero-order chi connectivity index (χ0) is 21.7. The van der Waals surface area contributed by atoms with Gasteiger partial charge in [-0.25, -0.2) is 5.43 Å². The number of aryl methyl sites for hydroxylation is 3. The first-order valence-electron chi connectivity index (χ1n) is 9.20. The number of hydrogen-bond donors (Lipinski definition) is 1. The van der Waals surface area contributed by atoms with Crippen molar-refractivity contribution in [3.8, 4) is 17.1 Å². The Morgan fingerprint density at radius 3 is 2.60 bits per heavy atom. The van der Waals surface area contributed by atoms with Gasteiger partial charge in [0.15, 0.2) is 6.61 Å². The number of furan rings is 1. The number of non-ortho nitro benzene ring substituents is 1. The third kappa shape index (κ3) is 5.11. The molecule has 1 amide bonds. The minimum absolute atomic E-state index is 0.0234. The highest BCUT2D eigenvalue weighted by molar-refractivity contribution is 5.81. The molecule has 154 valence electrons. The summed E-state index contributed by atoms with van der Waals surface area (Å²) >= 11 is 0. The molecule has 0 radical (unpaired) electrons. The molecule has 0 fully saturated rings. The minimum Gasteiger partial charge on any atom is -0.484 e. The first kappa shape index (κ1) is 20.8. The largest absolute Gasteiger partial charge is 0.484 e. The monoisotopic (exact) mass is 407 g/mol. The Labute approximate surface area is 173 Å². The van der Waals surface area contributed by atoms with Crippen molar-refractivity contribution in [2.45, 2.75) is 20.8 Å². The normalized spacial score (nSPS) is 10.9. The Kier molecular flexibility index (Phi) is 6.26. The number of nitrogens with zero attached hydrogens (tertiary/aromatic N) is 2. The van der Waals surface area contributed by atoms with Crippen molar-refractivity contribution < 1.29 is 18.9 Å². The number of amides is 1. The SMILES string of the molecule is Cc1ccc(OCC(=O)N/N=C/c2ccc(-c3ccc([N+](=O)[O-])cc3C)o2)cc1C. The highest BCUT2D eigenvalue weighted by Crippen LogP contribution is 2.28. The lowest BCUT2D eigenvalue weighted by atomic mass is 10.1. The van der Waals surface area contributed by atoms with Crippen LogP contribution in [0.3, 0.4) is 0 Å². The average Bonchev–Trinajstić information content (AvgIpc) is 3.17. The fraction of sp³-hybridized carbons (Fsp3) is 0.182. The molecular weight excluding hydrogens is 386 g/mol. The summed E-state index contributed by atoms with van der Waals surface area (Å²) in [5.74, 6) is 1.19. The van der Waals surface area contributed by atoms with Crippen LogP contribution in [0, 0.1) is 30.9 Å². The lowest BCUT2D eigenvalue weighted by molar-refractivity contribution is -0.384. The molecule has 8 nitrogen and oxygen atoms in total. The number of benzene rings is 2. The number of nitrogens with one attached hydrogen (secondary N) is 1. The van der Waals surface area contributed by atoms with Crippen LogP contribution in [0.5, 0.6) is 5.75 Å². The van der Waals surface area contributed by atoms with E-state index >= 15 is 0 Å². The maximum absolute atomic E-state index is 11.9. The molecule has 0 saturated heterocycles. The Bertz CT molecular complexity index is 1120. The van der Waals surface area contributed by atoms with Gasteiger partial charge in [0.05, 0.1) is 11.1 Å². The van der Waals surface area contributed by atoms with Crippen LogP contribution in [0.25, 0.3) is 11.3 Å². The predicted molar refractivity (Wildman–Crippen MR) is 113 cm³/mol. The lowest BCUT2D eigenvalue weighted by Gasteiger charge is -2.07. The summed E-state index contributed by atoms with van der Waals surface area (Å²) in [6.07, 6.45) is 1.37. The number of carbonyl (C=O) groups is 1. The summed E-state index contributed by atoms with van der Waals surface area (Å²) < 4.78 is 11.1. The molecule has 0 bridgehead atoms. The minimum atomic E-state index is -0.441. The van der Waals surface area contributed by atoms with E-state index in [0.717, 1.165) is 22.3 Å². The van der Waals surface area contributed by atoms with Gasteiger partial charge in [-0.3, -0.25) is 14.9 Å². The number of rotatable bonds is 7. The van der Waals surface area contributed by atoms with E-state index in [1.54, 1.807) is 25.1 Å². The summed E-state index contributed by atoms with van der Waals surface area (Å²) in [6, 6.07) is 13.6. The fourth-order valence-corrected chi connectivity index (χ4v) is 2.76. The number of carbonyl (C=O) groups excluding carboxylic acids is 1. The summed E-state index contributed by atoms with van der Waals surface area (Å²) in [6.45, 7) is 5.59. The van der Waals surface area contributed by atoms with E-state index in [9.17, 15) is 14.9 Å². The smallest absolute Gasteiger partial charge is 0.277 e. The van der Waals surface area contributed by atoms with Crippen LogP contribution < -0.4 is 10.2 Å². The van der Waals surface area contributed by atoms with Crippen LogP contribution in [0.4, 0.5) is 5.69 Å². The van der Waals surface area contributed by atoms with E-state index in [1.165, 1.54) is 18.3 Å². The van der Waals surface area contributed by atoms with Crippen molar-refractivity contribution in [3.05, 3.63) is 81.1 Å². The van der Waals surface area contributed by atoms with E-state index in [-0.39, 0.29) is 12.3 Å². The second-order valence-electron chi connectivity index (χ2n) is 6.79. The summed E-state index contributed by atoms with van der Waals surface area (Å²) in [7, 11) is 0. The Morgan fingerprint density at radius 2 is 1.90 bits per heavy atom. The standard InChI is InChI=1S/C22H21N3O5/c1-14-4-6-18(11-15(14)2)29-13-22(26)24-23-12-19-7-9-21(30-19)20-8-5-17(25(27)28)10-16(20)3/h4-12H,13H2,1-3H3,(H,24,26)/b23-12+. The van der Waals surface area contributed by atoms with Crippen molar-refractivity contribution >= 4 is 17.8 Å². The van der Waals surface area contributed by atoms with Crippen molar-refractivity contribution in [1.29, 1.82) is 0 Å². The molecule has 30 heavy (non-hydrogen) atoms. The van der Waals surface area contributed by atoms with E-state index < -0.39 is 10.8 Å². The molecule has 0 aliphatic carbocycles. The topological polar surface area (TPSA) is 107 Å². The van der Waals surface area contributed by atoms with E-state index in [1.807, 2.05) is 32.0 Å². The molecule has 0 aliphatic rings. The molecule has 0 unspecified atom stereocenters. The van der Waals surface area contributed by atoms with Crippen LogP contribution in [0.1, 0.15) is 22.5 Å². The molecule has 3 rings (SSSR count).